The highest BCUT2D eigenvalue weighted by Crippen LogP contribution is 2.01. The summed E-state index contributed by atoms with van der Waals surface area (Å²) in [6, 6.07) is 0. The molecule has 0 aliphatic heterocycles. The molecule has 70 valence electrons. The van der Waals surface area contributed by atoms with Crippen LogP contribution in [0.25, 0.3) is 0 Å². The number of nitrogens with two attached hydrogens (primary N) is 1. The van der Waals surface area contributed by atoms with Crippen molar-refractivity contribution in [3.05, 3.63) is 12.7 Å². The van der Waals surface area contributed by atoms with Crippen LogP contribution >= 0.6 is 0 Å². The van der Waals surface area contributed by atoms with Crippen LogP contribution < -0.4 is 5.73 Å². The van der Waals surface area contributed by atoms with Gasteiger partial charge in [-0.3, -0.25) is 4.79 Å². The van der Waals surface area contributed by atoms with Crippen LogP contribution in [0, 0.1) is 5.92 Å². The number of carbonyl (C=O) groups is 1. The first-order valence-electron chi connectivity index (χ1n) is 4.16. The maximum absolute atomic E-state index is 11.3. The van der Waals surface area contributed by atoms with Crippen LogP contribution in [0.2, 0.25) is 0 Å². The van der Waals surface area contributed by atoms with Gasteiger partial charge in [0.15, 0.2) is 0 Å². The van der Waals surface area contributed by atoms with Gasteiger partial charge in [-0.05, 0) is 12.5 Å². The first-order chi connectivity index (χ1) is 5.61. The predicted molar refractivity (Wildman–Crippen MR) is 50.7 cm³/mol. The fraction of sp³-hybridized carbons (Fsp3) is 0.667. The molecule has 3 nitrogen and oxygen atoms in total. The van der Waals surface area contributed by atoms with Crippen LogP contribution in [0.4, 0.5) is 0 Å². The molecule has 0 radical (unpaired) electrons. The summed E-state index contributed by atoms with van der Waals surface area (Å²) in [6.07, 6.45) is 2.24. The van der Waals surface area contributed by atoms with Crippen molar-refractivity contribution in [1.29, 1.82) is 0 Å². The van der Waals surface area contributed by atoms with Gasteiger partial charge >= 0.3 is 0 Å². The third-order valence-electron chi connectivity index (χ3n) is 1.75. The van der Waals surface area contributed by atoms with Gasteiger partial charge in [0.1, 0.15) is 0 Å². The Bertz CT molecular complexity index is 157. The number of hydrogen-bond acceptors (Lipinski definition) is 2. The zero-order valence-corrected chi connectivity index (χ0v) is 7.92. The molecule has 1 unspecified atom stereocenters. The fourth-order valence-electron chi connectivity index (χ4n) is 0.833. The van der Waals surface area contributed by atoms with Crippen molar-refractivity contribution in [2.75, 3.05) is 20.1 Å². The van der Waals surface area contributed by atoms with Crippen molar-refractivity contribution in [1.82, 2.24) is 4.90 Å². The summed E-state index contributed by atoms with van der Waals surface area (Å²) < 4.78 is 0. The lowest BCUT2D eigenvalue weighted by Gasteiger charge is -2.16. The van der Waals surface area contributed by atoms with Crippen molar-refractivity contribution in [2.24, 2.45) is 11.7 Å². The van der Waals surface area contributed by atoms with E-state index in [0.29, 0.717) is 19.5 Å². The van der Waals surface area contributed by atoms with Gasteiger partial charge in [-0.2, -0.15) is 0 Å². The molecule has 0 bridgehead atoms. The minimum Gasteiger partial charge on any atom is -0.342 e. The Balaban J connectivity index is 3.77. The van der Waals surface area contributed by atoms with E-state index < -0.39 is 0 Å². The van der Waals surface area contributed by atoms with Gasteiger partial charge in [-0.25, -0.2) is 0 Å². The highest BCUT2D eigenvalue weighted by molar-refractivity contribution is 5.76. The van der Waals surface area contributed by atoms with Crippen LogP contribution in [-0.4, -0.2) is 30.9 Å². The molecule has 0 aromatic carbocycles. The predicted octanol–water partition coefficient (Wildman–Crippen LogP) is 0.616. The maximum Gasteiger partial charge on any atom is 0.222 e. The van der Waals surface area contributed by atoms with Crippen LogP contribution in [0.3, 0.4) is 0 Å². The summed E-state index contributed by atoms with van der Waals surface area (Å²) in [6.45, 7) is 6.71. The maximum atomic E-state index is 11.3. The van der Waals surface area contributed by atoms with Gasteiger partial charge in [0, 0.05) is 20.0 Å². The number of amides is 1. The smallest absolute Gasteiger partial charge is 0.222 e. The lowest BCUT2D eigenvalue weighted by atomic mass is 10.1. The quantitative estimate of drug-likeness (QED) is 0.615. The van der Waals surface area contributed by atoms with Crippen molar-refractivity contribution in [3.8, 4) is 0 Å². The van der Waals surface area contributed by atoms with Gasteiger partial charge in [-0.15, -0.1) is 6.58 Å². The molecule has 1 atom stereocenters. The molecular formula is C9H18N2O. The van der Waals surface area contributed by atoms with Crippen molar-refractivity contribution >= 4 is 5.91 Å². The SMILES string of the molecule is C=CCN(C)C(=O)CC(C)CN. The third kappa shape index (κ3) is 4.13. The Morgan fingerprint density at radius 1 is 1.75 bits per heavy atom. The minimum atomic E-state index is 0.132. The minimum absolute atomic E-state index is 0.132. The van der Waals surface area contributed by atoms with Crippen LogP contribution in [0.5, 0.6) is 0 Å². The number of likely N-dealkylation sites (N-methyl/N-ethyl adjacent to an activating group) is 1. The molecule has 0 rings (SSSR count). The first kappa shape index (κ1) is 11.2. The molecule has 12 heavy (non-hydrogen) atoms. The Hall–Kier alpha value is -0.830. The van der Waals surface area contributed by atoms with E-state index in [4.69, 9.17) is 5.73 Å². The molecular weight excluding hydrogens is 152 g/mol. The lowest BCUT2D eigenvalue weighted by Crippen LogP contribution is -2.29. The molecule has 0 saturated heterocycles. The van der Waals surface area contributed by atoms with E-state index in [-0.39, 0.29) is 11.8 Å². The average Bonchev–Trinajstić information content (AvgIpc) is 2.04. The molecule has 0 aliphatic rings. The third-order valence-corrected chi connectivity index (χ3v) is 1.75. The molecule has 3 heteroatoms. The standard InChI is InChI=1S/C9H18N2O/c1-4-5-11(3)9(12)6-8(2)7-10/h4,8H,1,5-7,10H2,2-3H3. The van der Waals surface area contributed by atoms with Gasteiger partial charge < -0.3 is 10.6 Å². The summed E-state index contributed by atoms with van der Waals surface area (Å²) in [7, 11) is 1.77. The molecule has 0 aromatic heterocycles. The Morgan fingerprint density at radius 3 is 2.75 bits per heavy atom. The van der Waals surface area contributed by atoms with Gasteiger partial charge in [0.05, 0.1) is 0 Å². The van der Waals surface area contributed by atoms with Crippen molar-refractivity contribution < 1.29 is 4.79 Å². The summed E-state index contributed by atoms with van der Waals surface area (Å²) in [5.41, 5.74) is 5.40. The van der Waals surface area contributed by atoms with Crippen molar-refractivity contribution in [2.45, 2.75) is 13.3 Å². The lowest BCUT2D eigenvalue weighted by molar-refractivity contribution is -0.130. The summed E-state index contributed by atoms with van der Waals surface area (Å²) in [5.74, 6) is 0.401. The molecule has 0 aliphatic carbocycles. The highest BCUT2D eigenvalue weighted by atomic mass is 16.2. The largest absolute Gasteiger partial charge is 0.342 e. The summed E-state index contributed by atoms with van der Waals surface area (Å²) >= 11 is 0. The summed E-state index contributed by atoms with van der Waals surface area (Å²) in [4.78, 5) is 13.0. The molecule has 0 fully saturated rings. The molecule has 0 saturated carbocycles. The van der Waals surface area contributed by atoms with E-state index in [2.05, 4.69) is 6.58 Å². The second kappa shape index (κ2) is 5.77. The number of hydrogen-bond donors (Lipinski definition) is 1. The average molecular weight is 170 g/mol. The van der Waals surface area contributed by atoms with Crippen molar-refractivity contribution in [3.63, 3.8) is 0 Å². The normalized spacial score (nSPS) is 12.2. The zero-order valence-electron chi connectivity index (χ0n) is 7.92. The Labute approximate surface area is 74.2 Å². The molecule has 0 heterocycles. The highest BCUT2D eigenvalue weighted by Gasteiger charge is 2.10. The topological polar surface area (TPSA) is 46.3 Å². The van der Waals surface area contributed by atoms with Gasteiger partial charge in [-0.1, -0.05) is 13.0 Å². The molecule has 0 spiro atoms. The Morgan fingerprint density at radius 2 is 2.33 bits per heavy atom. The second-order valence-corrected chi connectivity index (χ2v) is 3.11. The molecule has 0 aromatic rings. The second-order valence-electron chi connectivity index (χ2n) is 3.11. The number of rotatable bonds is 5. The fourth-order valence-corrected chi connectivity index (χ4v) is 0.833. The number of carbonyl (C=O) groups excluding carboxylic acids is 1. The van der Waals surface area contributed by atoms with Crippen LogP contribution in [0.1, 0.15) is 13.3 Å². The zero-order chi connectivity index (χ0) is 9.56. The van der Waals surface area contributed by atoms with E-state index >= 15 is 0 Å². The monoisotopic (exact) mass is 170 g/mol. The van der Waals surface area contributed by atoms with E-state index in [0.717, 1.165) is 0 Å². The van der Waals surface area contributed by atoms with E-state index in [1.54, 1.807) is 18.0 Å². The van der Waals surface area contributed by atoms with E-state index in [1.807, 2.05) is 6.92 Å². The van der Waals surface area contributed by atoms with Gasteiger partial charge in [0.25, 0.3) is 0 Å². The van der Waals surface area contributed by atoms with Gasteiger partial charge in [0.2, 0.25) is 5.91 Å². The molecule has 2 N–H and O–H groups in total. The summed E-state index contributed by atoms with van der Waals surface area (Å²) in [5, 5.41) is 0. The molecule has 1 amide bonds. The number of nitrogens with zero attached hydrogens (tertiary/aromatic N) is 1. The van der Waals surface area contributed by atoms with E-state index in [9.17, 15) is 4.79 Å². The van der Waals surface area contributed by atoms with Crippen LogP contribution in [0.15, 0.2) is 12.7 Å². The Kier molecular flexibility index (Phi) is 5.37. The van der Waals surface area contributed by atoms with E-state index in [1.165, 1.54) is 0 Å². The van der Waals surface area contributed by atoms with Crippen LogP contribution in [-0.2, 0) is 4.79 Å². The first-order valence-corrected chi connectivity index (χ1v) is 4.16.